The summed E-state index contributed by atoms with van der Waals surface area (Å²) in [5.41, 5.74) is 0.832. The molecule has 0 aromatic carbocycles. The molecule has 0 aliphatic carbocycles. The summed E-state index contributed by atoms with van der Waals surface area (Å²) >= 11 is 6.00. The Bertz CT molecular complexity index is 482. The molecule has 0 aliphatic rings. The molecule has 2 rings (SSSR count). The number of rotatable bonds is 3. The number of ether oxygens (including phenoxy) is 1. The Morgan fingerprint density at radius 2 is 2.27 bits per heavy atom. The Hall–Kier alpha value is -1.20. The van der Waals surface area contributed by atoms with Crippen LogP contribution in [0.25, 0.3) is 5.78 Å². The van der Waals surface area contributed by atoms with Crippen LogP contribution < -0.4 is 0 Å². The molecule has 0 fully saturated rings. The fraction of sp³-hybridized carbons (Fsp3) is 0.444. The van der Waals surface area contributed by atoms with Crippen molar-refractivity contribution in [2.75, 3.05) is 13.7 Å². The fourth-order valence-electron chi connectivity index (χ4n) is 1.28. The molecule has 0 spiro atoms. The number of nitrogens with zero attached hydrogens (tertiary/aromatic N) is 4. The zero-order chi connectivity index (χ0) is 10.8. The molecule has 0 radical (unpaired) electrons. The predicted molar refractivity (Wildman–Crippen MR) is 56.1 cm³/mol. The maximum Gasteiger partial charge on any atom is 0.254 e. The van der Waals surface area contributed by atoms with Gasteiger partial charge in [-0.2, -0.15) is 9.50 Å². The molecule has 80 valence electrons. The molecule has 0 atom stereocenters. The van der Waals surface area contributed by atoms with Gasteiger partial charge in [-0.1, -0.05) is 11.6 Å². The summed E-state index contributed by atoms with van der Waals surface area (Å²) in [5, 5.41) is 4.74. The molecule has 0 amide bonds. The summed E-state index contributed by atoms with van der Waals surface area (Å²) in [6.45, 7) is 2.46. The molecule has 2 aromatic rings. The van der Waals surface area contributed by atoms with Crippen molar-refractivity contribution >= 4 is 17.4 Å². The minimum absolute atomic E-state index is 0.522. The highest BCUT2D eigenvalue weighted by Gasteiger charge is 2.07. The van der Waals surface area contributed by atoms with Crippen molar-refractivity contribution in [1.29, 1.82) is 0 Å². The quantitative estimate of drug-likeness (QED) is 0.740. The minimum Gasteiger partial charge on any atom is -0.384 e. The number of hydrogen-bond acceptors (Lipinski definition) is 4. The third-order valence-corrected chi connectivity index (χ3v) is 2.24. The van der Waals surface area contributed by atoms with Crippen LogP contribution in [0.1, 0.15) is 11.5 Å². The number of halogens is 1. The summed E-state index contributed by atoms with van der Waals surface area (Å²) in [6.07, 6.45) is 0.662. The van der Waals surface area contributed by atoms with E-state index in [1.54, 1.807) is 13.2 Å². The summed E-state index contributed by atoms with van der Waals surface area (Å²) in [6, 6.07) is 1.75. The predicted octanol–water partition coefficient (Wildman–Crippen LogP) is 1.28. The Balaban J connectivity index is 2.41. The first-order valence-electron chi connectivity index (χ1n) is 4.58. The second-order valence-corrected chi connectivity index (χ2v) is 3.59. The van der Waals surface area contributed by atoms with Crippen LogP contribution in [0.2, 0.25) is 5.15 Å². The fourth-order valence-corrected chi connectivity index (χ4v) is 1.56. The van der Waals surface area contributed by atoms with Gasteiger partial charge in [0.2, 0.25) is 0 Å². The lowest BCUT2D eigenvalue weighted by molar-refractivity contribution is 0.200. The molecule has 15 heavy (non-hydrogen) atoms. The highest BCUT2D eigenvalue weighted by molar-refractivity contribution is 6.29. The van der Waals surface area contributed by atoms with Crippen LogP contribution in [0, 0.1) is 6.92 Å². The normalized spacial score (nSPS) is 11.1. The van der Waals surface area contributed by atoms with Crippen molar-refractivity contribution in [3.8, 4) is 0 Å². The highest BCUT2D eigenvalue weighted by atomic mass is 35.5. The van der Waals surface area contributed by atoms with E-state index < -0.39 is 0 Å². The van der Waals surface area contributed by atoms with E-state index in [0.29, 0.717) is 29.8 Å². The van der Waals surface area contributed by atoms with E-state index in [9.17, 15) is 0 Å². The Kier molecular flexibility index (Phi) is 2.83. The van der Waals surface area contributed by atoms with Crippen LogP contribution in [0.4, 0.5) is 0 Å². The number of fused-ring (bicyclic) bond motifs is 1. The van der Waals surface area contributed by atoms with Crippen molar-refractivity contribution in [1.82, 2.24) is 19.6 Å². The molecule has 2 heterocycles. The lowest BCUT2D eigenvalue weighted by atomic mass is 10.4. The summed E-state index contributed by atoms with van der Waals surface area (Å²) in [7, 11) is 1.64. The van der Waals surface area contributed by atoms with Gasteiger partial charge in [0.25, 0.3) is 5.78 Å². The van der Waals surface area contributed by atoms with Crippen LogP contribution in [0.5, 0.6) is 0 Å². The Labute approximate surface area is 92.1 Å². The van der Waals surface area contributed by atoms with Crippen LogP contribution in [0.15, 0.2) is 6.07 Å². The first-order chi connectivity index (χ1) is 7.20. The molecule has 2 aromatic heterocycles. The van der Waals surface area contributed by atoms with Gasteiger partial charge >= 0.3 is 0 Å². The lowest BCUT2D eigenvalue weighted by Crippen LogP contribution is -1.97. The van der Waals surface area contributed by atoms with E-state index in [0.717, 1.165) is 5.69 Å². The van der Waals surface area contributed by atoms with Gasteiger partial charge in [0.15, 0.2) is 5.82 Å². The van der Waals surface area contributed by atoms with Gasteiger partial charge in [-0.15, -0.1) is 5.10 Å². The smallest absolute Gasteiger partial charge is 0.254 e. The van der Waals surface area contributed by atoms with Crippen molar-refractivity contribution in [3.63, 3.8) is 0 Å². The third-order valence-electron chi connectivity index (χ3n) is 1.97. The van der Waals surface area contributed by atoms with Crippen molar-refractivity contribution < 1.29 is 4.74 Å². The lowest BCUT2D eigenvalue weighted by Gasteiger charge is -1.95. The number of aromatic nitrogens is 4. The van der Waals surface area contributed by atoms with E-state index >= 15 is 0 Å². The Morgan fingerprint density at radius 1 is 1.47 bits per heavy atom. The molecule has 5 nitrogen and oxygen atoms in total. The first-order valence-corrected chi connectivity index (χ1v) is 4.96. The van der Waals surface area contributed by atoms with Gasteiger partial charge in [0, 0.05) is 19.2 Å². The van der Waals surface area contributed by atoms with E-state index in [4.69, 9.17) is 16.3 Å². The maximum atomic E-state index is 6.00. The number of hydrogen-bond donors (Lipinski definition) is 0. The van der Waals surface area contributed by atoms with Crippen LogP contribution in [0.3, 0.4) is 0 Å². The van der Waals surface area contributed by atoms with Gasteiger partial charge in [0.1, 0.15) is 5.15 Å². The van der Waals surface area contributed by atoms with Crippen LogP contribution in [-0.4, -0.2) is 33.3 Å². The third kappa shape index (κ3) is 2.08. The molecule has 0 saturated heterocycles. The largest absolute Gasteiger partial charge is 0.384 e. The molecule has 0 unspecified atom stereocenters. The number of methoxy groups -OCH3 is 1. The van der Waals surface area contributed by atoms with Crippen molar-refractivity contribution in [3.05, 3.63) is 22.7 Å². The van der Waals surface area contributed by atoms with Gasteiger partial charge < -0.3 is 4.74 Å². The number of aryl methyl sites for hydroxylation is 1. The van der Waals surface area contributed by atoms with Gasteiger partial charge in [-0.3, -0.25) is 0 Å². The SMILES string of the molecule is COCCc1nc2nc(C)cc(Cl)n2n1. The monoisotopic (exact) mass is 226 g/mol. The molecular weight excluding hydrogens is 216 g/mol. The minimum atomic E-state index is 0.522. The van der Waals surface area contributed by atoms with Gasteiger partial charge in [0.05, 0.1) is 6.61 Å². The molecule has 0 bridgehead atoms. The summed E-state index contributed by atoms with van der Waals surface area (Å²) in [5.74, 6) is 1.22. The zero-order valence-electron chi connectivity index (χ0n) is 8.57. The average Bonchev–Trinajstić information content (AvgIpc) is 2.57. The van der Waals surface area contributed by atoms with Gasteiger partial charge in [-0.25, -0.2) is 4.98 Å². The molecule has 0 saturated carbocycles. The van der Waals surface area contributed by atoms with Crippen molar-refractivity contribution in [2.24, 2.45) is 0 Å². The van der Waals surface area contributed by atoms with E-state index in [1.807, 2.05) is 6.92 Å². The van der Waals surface area contributed by atoms with E-state index in [2.05, 4.69) is 15.1 Å². The average molecular weight is 227 g/mol. The maximum absolute atomic E-state index is 6.00. The zero-order valence-corrected chi connectivity index (χ0v) is 9.32. The molecule has 0 aliphatic heterocycles. The molecule has 6 heteroatoms. The van der Waals surface area contributed by atoms with Gasteiger partial charge in [-0.05, 0) is 13.0 Å². The summed E-state index contributed by atoms with van der Waals surface area (Å²) in [4.78, 5) is 8.48. The van der Waals surface area contributed by atoms with E-state index in [1.165, 1.54) is 4.52 Å². The summed E-state index contributed by atoms with van der Waals surface area (Å²) < 4.78 is 6.48. The first kappa shape index (κ1) is 10.3. The topological polar surface area (TPSA) is 52.3 Å². The Morgan fingerprint density at radius 3 is 3.00 bits per heavy atom. The molecular formula is C9H11ClN4O. The molecule has 0 N–H and O–H groups in total. The standard InChI is InChI=1S/C9H11ClN4O/c1-6-5-7(10)14-9(11-6)12-8(13-14)3-4-15-2/h5H,3-4H2,1-2H3. The highest BCUT2D eigenvalue weighted by Crippen LogP contribution is 2.11. The van der Waals surface area contributed by atoms with Crippen LogP contribution >= 0.6 is 11.6 Å². The second-order valence-electron chi connectivity index (χ2n) is 3.20. The van der Waals surface area contributed by atoms with Crippen LogP contribution in [-0.2, 0) is 11.2 Å². The van der Waals surface area contributed by atoms with Crippen molar-refractivity contribution in [2.45, 2.75) is 13.3 Å². The second kappa shape index (κ2) is 4.12. The van der Waals surface area contributed by atoms with E-state index in [-0.39, 0.29) is 0 Å².